The Bertz CT molecular complexity index is 3460. The Morgan fingerprint density at radius 1 is 0.975 bits per heavy atom. The third kappa shape index (κ3) is 9.80. The molecule has 0 aliphatic carbocycles. The second kappa shape index (κ2) is 21.9. The van der Waals surface area contributed by atoms with Crippen LogP contribution in [0.2, 0.25) is 0 Å². The van der Waals surface area contributed by atoms with Crippen molar-refractivity contribution < 1.29 is 52.0 Å². The number of amides is 3. The van der Waals surface area contributed by atoms with E-state index in [1.54, 1.807) is 40.9 Å². The lowest BCUT2D eigenvalue weighted by Crippen LogP contribution is -2.56. The van der Waals surface area contributed by atoms with Gasteiger partial charge in [0.25, 0.3) is 0 Å². The van der Waals surface area contributed by atoms with Crippen molar-refractivity contribution >= 4 is 56.4 Å². The third-order valence-electron chi connectivity index (χ3n) is 18.2. The molecule has 6 aromatic rings. The van der Waals surface area contributed by atoms with Gasteiger partial charge in [-0.05, 0) is 136 Å². The van der Waals surface area contributed by atoms with E-state index in [9.17, 15) is 24.3 Å². The number of ether oxygens (including phenoxy) is 5. The number of imide groups is 1. The van der Waals surface area contributed by atoms with Crippen molar-refractivity contribution in [3.63, 3.8) is 0 Å². The highest BCUT2D eigenvalue weighted by Gasteiger charge is 2.51. The summed E-state index contributed by atoms with van der Waals surface area (Å²) in [4.78, 5) is 71.8. The van der Waals surface area contributed by atoms with Gasteiger partial charge in [-0.15, -0.1) is 0 Å². The molecule has 6 saturated heterocycles. The van der Waals surface area contributed by atoms with Gasteiger partial charge in [0.2, 0.25) is 11.8 Å². The highest BCUT2D eigenvalue weighted by atomic mass is 19.1. The van der Waals surface area contributed by atoms with Gasteiger partial charge in [0.1, 0.15) is 41.2 Å². The molecule has 6 aliphatic rings. The van der Waals surface area contributed by atoms with Crippen LogP contribution in [0.15, 0.2) is 53.5 Å². The van der Waals surface area contributed by atoms with Crippen molar-refractivity contribution in [1.29, 1.82) is 0 Å². The molecule has 12 rings (SSSR count). The summed E-state index contributed by atoms with van der Waals surface area (Å²) >= 11 is 0. The van der Waals surface area contributed by atoms with Crippen LogP contribution in [-0.4, -0.2) is 146 Å². The number of nitrogens with one attached hydrogen (secondary N) is 1. The van der Waals surface area contributed by atoms with E-state index in [0.717, 1.165) is 62.6 Å². The number of aryl methyl sites for hydroxylation is 3. The van der Waals surface area contributed by atoms with Crippen LogP contribution >= 0.6 is 0 Å². The van der Waals surface area contributed by atoms with Gasteiger partial charge >= 0.3 is 17.8 Å². The molecule has 0 radical (unpaired) electrons. The predicted molar refractivity (Wildman–Crippen MR) is 293 cm³/mol. The zero-order valence-corrected chi connectivity index (χ0v) is 45.6. The van der Waals surface area contributed by atoms with Crippen LogP contribution in [0.5, 0.6) is 11.8 Å². The summed E-state index contributed by atoms with van der Waals surface area (Å²) < 4.78 is 66.8. The van der Waals surface area contributed by atoms with Gasteiger partial charge in [-0.3, -0.25) is 33.9 Å². The van der Waals surface area contributed by atoms with Gasteiger partial charge in [0.05, 0.1) is 40.3 Å². The molecule has 9 heterocycles. The van der Waals surface area contributed by atoms with Crippen LogP contribution in [0.25, 0.3) is 44.0 Å². The Labute approximate surface area is 461 Å². The number of piperidine rings is 3. The van der Waals surface area contributed by atoms with E-state index >= 15 is 8.78 Å². The van der Waals surface area contributed by atoms with Crippen LogP contribution in [0, 0.1) is 11.6 Å². The maximum absolute atomic E-state index is 17.7. The van der Waals surface area contributed by atoms with Crippen molar-refractivity contribution in [2.45, 2.75) is 139 Å². The summed E-state index contributed by atoms with van der Waals surface area (Å²) in [7, 11) is 3.21. The van der Waals surface area contributed by atoms with E-state index in [2.05, 4.69) is 15.1 Å². The second-order valence-electron chi connectivity index (χ2n) is 22.8. The Kier molecular flexibility index (Phi) is 14.7. The topological polar surface area (TPSA) is 205 Å². The molecule has 1 spiro atoms. The van der Waals surface area contributed by atoms with Crippen LogP contribution in [0.4, 0.5) is 19.4 Å². The number of imidazole rings is 1. The maximum atomic E-state index is 17.7. The minimum atomic E-state index is -0.943. The first-order chi connectivity index (χ1) is 38.8. The number of aromatic nitrogens is 5. The van der Waals surface area contributed by atoms with Crippen molar-refractivity contribution in [1.82, 2.24) is 39.2 Å². The zero-order valence-electron chi connectivity index (χ0n) is 45.6. The van der Waals surface area contributed by atoms with E-state index in [4.69, 9.17) is 38.6 Å². The summed E-state index contributed by atoms with van der Waals surface area (Å²) in [6, 6.07) is 11.3. The van der Waals surface area contributed by atoms with Crippen molar-refractivity contribution in [2.75, 3.05) is 64.8 Å². The number of nitrogens with zero attached hydrogens (tertiary/aromatic N) is 8. The summed E-state index contributed by atoms with van der Waals surface area (Å²) in [5, 5.41) is 14.5. The van der Waals surface area contributed by atoms with Gasteiger partial charge in [0, 0.05) is 77.1 Å². The molecule has 3 amide bonds. The summed E-state index contributed by atoms with van der Waals surface area (Å²) in [6.07, 6.45) is 10.6. The van der Waals surface area contributed by atoms with Crippen LogP contribution in [0.1, 0.15) is 108 Å². The molecule has 3 aromatic carbocycles. The summed E-state index contributed by atoms with van der Waals surface area (Å²) in [6.45, 7) is 5.65. The Balaban J connectivity index is 0.763. The largest absolute Gasteiger partial charge is 0.468 e. The first-order valence-corrected chi connectivity index (χ1v) is 28.4. The molecule has 3 aromatic heterocycles. The van der Waals surface area contributed by atoms with E-state index in [1.165, 1.54) is 17.7 Å². The first-order valence-electron chi connectivity index (χ1n) is 28.4. The second-order valence-corrected chi connectivity index (χ2v) is 22.8. The quantitative estimate of drug-likeness (QED) is 0.0505. The fourth-order valence-corrected chi connectivity index (χ4v) is 14.2. The molecule has 6 fully saturated rings. The predicted octanol–water partition coefficient (Wildman–Crippen LogP) is 7.99. The number of carboxylic acid groups (broad SMARTS) is 1. The number of benzene rings is 3. The Morgan fingerprint density at radius 2 is 1.82 bits per heavy atom. The molecular formula is C59H69F2N9O10. The first kappa shape index (κ1) is 53.8. The molecule has 6 atom stereocenters. The van der Waals surface area contributed by atoms with Gasteiger partial charge in [-0.25, -0.2) is 18.4 Å². The maximum Gasteiger partial charge on any atom is 0.407 e. The average molecular weight is 1100 g/mol. The molecule has 0 saturated carbocycles. The highest BCUT2D eigenvalue weighted by molar-refractivity contribution is 6.02. The van der Waals surface area contributed by atoms with Gasteiger partial charge in [-0.2, -0.15) is 9.97 Å². The number of para-hydroxylation sites is 1. The number of carbonyl (C=O) groups is 3. The fourth-order valence-electron chi connectivity index (χ4n) is 14.2. The number of halogens is 2. The number of likely N-dealkylation sites (tertiary alicyclic amines) is 1. The van der Waals surface area contributed by atoms with Crippen LogP contribution < -0.4 is 25.4 Å². The van der Waals surface area contributed by atoms with Gasteiger partial charge < -0.3 is 38.6 Å². The lowest BCUT2D eigenvalue weighted by molar-refractivity contribution is -0.151. The Hall–Kier alpha value is -6.81. The number of rotatable bonds is 17. The standard InChI is InChI=1S/C59H69F2N9O10/c1-4-41-44(60)13-12-36-27-40(79-34-76-3)30-42(48(36)41)50-49(61)51-43(31-62-50)53(67-22-8-19-59(32-67)21-26-80-59)65-55(64-51)78-33-58-18-7-23-69(58)37(16-20-58)28-38-29-39(17-24-68(38)57(74)75)77-25-6-10-35-9-5-11-45-52(35)66(2)56(73)70(45)46-14-15-47(71)63-54(46)72/h5,9,11-13,27,30-31,37-39,46H,4,6-8,10,14-26,28-29,32-34H2,1-3H3,(H,74,75)(H,63,71,72)/t37-,38?,39?,46?,58-,59?/m0/s1. The lowest BCUT2D eigenvalue weighted by Gasteiger charge is -2.48. The normalized spacial score (nSPS) is 25.2. The minimum Gasteiger partial charge on any atom is -0.468 e. The molecule has 2 N–H and O–H groups in total. The summed E-state index contributed by atoms with van der Waals surface area (Å²) in [5.74, 6) is -0.979. The highest BCUT2D eigenvalue weighted by Crippen LogP contribution is 2.46. The van der Waals surface area contributed by atoms with Crippen LogP contribution in [-0.2, 0) is 43.7 Å². The van der Waals surface area contributed by atoms with E-state index in [-0.39, 0.29) is 84.4 Å². The summed E-state index contributed by atoms with van der Waals surface area (Å²) in [5.41, 5.74) is 2.18. The molecule has 6 aliphatic heterocycles. The van der Waals surface area contributed by atoms with Crippen LogP contribution in [0.3, 0.4) is 0 Å². The Morgan fingerprint density at radius 3 is 2.61 bits per heavy atom. The lowest BCUT2D eigenvalue weighted by atomic mass is 9.86. The number of pyridine rings is 1. The number of hydrogen-bond donors (Lipinski definition) is 2. The van der Waals surface area contributed by atoms with Crippen molar-refractivity contribution in [3.8, 4) is 23.0 Å². The number of carbonyl (C=O) groups excluding carboxylic acids is 2. The molecule has 80 heavy (non-hydrogen) atoms. The van der Waals surface area contributed by atoms with Crippen molar-refractivity contribution in [2.24, 2.45) is 7.05 Å². The number of anilines is 1. The number of hydrogen-bond acceptors (Lipinski definition) is 14. The third-order valence-corrected chi connectivity index (χ3v) is 18.2. The molecule has 4 unspecified atom stereocenters. The monoisotopic (exact) mass is 1100 g/mol. The molecule has 21 heteroatoms. The van der Waals surface area contributed by atoms with E-state index in [0.29, 0.717) is 116 Å². The smallest absolute Gasteiger partial charge is 0.407 e. The van der Waals surface area contributed by atoms with E-state index in [1.807, 2.05) is 25.1 Å². The molecular weight excluding hydrogens is 1030 g/mol. The minimum absolute atomic E-state index is 0.00732. The molecule has 0 bridgehead atoms. The van der Waals surface area contributed by atoms with Crippen molar-refractivity contribution in [3.05, 3.63) is 81.9 Å². The van der Waals surface area contributed by atoms with Gasteiger partial charge in [-0.1, -0.05) is 25.1 Å². The number of fused-ring (bicyclic) bond motifs is 4. The average Bonchev–Trinajstić information content (AvgIpc) is 4.20. The fraction of sp³-hybridized carbons (Fsp3) is 0.542. The zero-order chi connectivity index (χ0) is 55.5. The SMILES string of the molecule is CCc1c(F)ccc2cc(OCOC)cc(-c3ncc4c(N5CCCC6(CCO6)C5)nc(OC[C@@]56CCCN5[C@H](CC5CC(OCCCc7cccc8c7n(C)c(=O)n8C7CCC(=O)NC7=O)CCN5C(=O)O)CC6)nc4c3F)c12. The van der Waals surface area contributed by atoms with Gasteiger partial charge in [0.15, 0.2) is 12.6 Å². The number of methoxy groups -OCH3 is 1. The molecule has 424 valence electrons. The van der Waals surface area contributed by atoms with E-state index < -0.39 is 29.7 Å². The molecule has 19 nitrogen and oxygen atoms in total.